The quantitative estimate of drug-likeness (QED) is 0.804. The zero-order valence-corrected chi connectivity index (χ0v) is 12.0. The highest BCUT2D eigenvalue weighted by Gasteiger charge is 2.36. The lowest BCUT2D eigenvalue weighted by molar-refractivity contribution is -0.129. The largest absolute Gasteiger partial charge is 0.359 e. The van der Waals surface area contributed by atoms with E-state index in [1.165, 1.54) is 32.5 Å². The van der Waals surface area contributed by atoms with Crippen LogP contribution in [-0.2, 0) is 4.79 Å². The van der Waals surface area contributed by atoms with Gasteiger partial charge in [0.25, 0.3) is 0 Å². The molecular weight excluding hydrogens is 226 g/mol. The molecule has 1 saturated carbocycles. The molecule has 18 heavy (non-hydrogen) atoms. The summed E-state index contributed by atoms with van der Waals surface area (Å²) < 4.78 is 0. The second kappa shape index (κ2) is 6.02. The fourth-order valence-electron chi connectivity index (χ4n) is 3.17. The maximum absolute atomic E-state index is 11.5. The highest BCUT2D eigenvalue weighted by atomic mass is 16.1. The summed E-state index contributed by atoms with van der Waals surface area (Å²) in [5.41, 5.74) is 0. The van der Waals surface area contributed by atoms with Crippen molar-refractivity contribution in [2.75, 3.05) is 40.8 Å². The number of hydrogen-bond donors (Lipinski definition) is 1. The first-order valence-electron chi connectivity index (χ1n) is 7.20. The van der Waals surface area contributed by atoms with Crippen LogP contribution in [0.25, 0.3) is 0 Å². The normalized spacial score (nSPS) is 30.2. The number of likely N-dealkylation sites (tertiary alicyclic amines) is 1. The molecular formula is C14H27N3O. The van der Waals surface area contributed by atoms with Gasteiger partial charge >= 0.3 is 0 Å². The van der Waals surface area contributed by atoms with Crippen LogP contribution in [0.1, 0.15) is 25.7 Å². The average Bonchev–Trinajstić information content (AvgIpc) is 2.30. The maximum Gasteiger partial charge on any atom is 0.222 e. The van der Waals surface area contributed by atoms with Crippen molar-refractivity contribution in [1.82, 2.24) is 15.1 Å². The molecule has 0 radical (unpaired) electrons. The SMILES string of the molecule is CNC(=O)C1CC(N(C)CC2CCN(C)CC2)C1. The molecule has 0 unspecified atom stereocenters. The van der Waals surface area contributed by atoms with Crippen molar-refractivity contribution >= 4 is 5.91 Å². The van der Waals surface area contributed by atoms with Gasteiger partial charge in [-0.25, -0.2) is 0 Å². The minimum atomic E-state index is 0.221. The number of hydrogen-bond acceptors (Lipinski definition) is 3. The third kappa shape index (κ3) is 3.23. The minimum Gasteiger partial charge on any atom is -0.359 e. The van der Waals surface area contributed by atoms with E-state index in [2.05, 4.69) is 29.2 Å². The van der Waals surface area contributed by atoms with Crippen LogP contribution in [0.3, 0.4) is 0 Å². The number of nitrogens with zero attached hydrogens (tertiary/aromatic N) is 2. The van der Waals surface area contributed by atoms with Crippen molar-refractivity contribution in [1.29, 1.82) is 0 Å². The van der Waals surface area contributed by atoms with E-state index >= 15 is 0 Å². The fraction of sp³-hybridized carbons (Fsp3) is 0.929. The van der Waals surface area contributed by atoms with Crippen molar-refractivity contribution < 1.29 is 4.79 Å². The molecule has 4 nitrogen and oxygen atoms in total. The first-order valence-corrected chi connectivity index (χ1v) is 7.20. The van der Waals surface area contributed by atoms with Crippen LogP contribution < -0.4 is 5.32 Å². The lowest BCUT2D eigenvalue weighted by Crippen LogP contribution is -2.49. The first-order chi connectivity index (χ1) is 8.60. The Morgan fingerprint density at radius 3 is 2.50 bits per heavy atom. The van der Waals surface area contributed by atoms with Gasteiger partial charge < -0.3 is 15.1 Å². The van der Waals surface area contributed by atoms with Gasteiger partial charge in [0.05, 0.1) is 0 Å². The Balaban J connectivity index is 1.67. The topological polar surface area (TPSA) is 35.6 Å². The Morgan fingerprint density at radius 1 is 1.33 bits per heavy atom. The Morgan fingerprint density at radius 2 is 1.94 bits per heavy atom. The molecule has 1 amide bonds. The van der Waals surface area contributed by atoms with Gasteiger partial charge in [0.1, 0.15) is 0 Å². The highest BCUT2D eigenvalue weighted by Crippen LogP contribution is 2.32. The molecule has 1 saturated heterocycles. The monoisotopic (exact) mass is 253 g/mol. The smallest absolute Gasteiger partial charge is 0.222 e. The molecule has 104 valence electrons. The van der Waals surface area contributed by atoms with Crippen molar-refractivity contribution in [3.8, 4) is 0 Å². The van der Waals surface area contributed by atoms with Crippen LogP contribution in [0.5, 0.6) is 0 Å². The summed E-state index contributed by atoms with van der Waals surface area (Å²) >= 11 is 0. The third-order valence-corrected chi connectivity index (χ3v) is 4.74. The summed E-state index contributed by atoms with van der Waals surface area (Å²) in [5.74, 6) is 1.34. The van der Waals surface area contributed by atoms with Gasteiger partial charge in [-0.3, -0.25) is 4.79 Å². The molecule has 0 bridgehead atoms. The lowest BCUT2D eigenvalue weighted by Gasteiger charge is -2.42. The molecule has 0 spiro atoms. The van der Waals surface area contributed by atoms with Gasteiger partial charge in [-0.05, 0) is 58.8 Å². The summed E-state index contributed by atoms with van der Waals surface area (Å²) in [7, 11) is 6.17. The summed E-state index contributed by atoms with van der Waals surface area (Å²) in [6.07, 6.45) is 4.74. The zero-order valence-electron chi connectivity index (χ0n) is 12.0. The second-order valence-electron chi connectivity index (χ2n) is 6.12. The van der Waals surface area contributed by atoms with Crippen LogP contribution in [-0.4, -0.2) is 62.5 Å². The van der Waals surface area contributed by atoms with Gasteiger partial charge in [0.15, 0.2) is 0 Å². The predicted octanol–water partition coefficient (Wildman–Crippen LogP) is 0.785. The number of carbonyl (C=O) groups excluding carboxylic acids is 1. The summed E-state index contributed by atoms with van der Waals surface area (Å²) in [6, 6.07) is 0.631. The van der Waals surface area contributed by atoms with Crippen LogP contribution in [0.4, 0.5) is 0 Å². The molecule has 0 aromatic rings. The van der Waals surface area contributed by atoms with Gasteiger partial charge in [-0.2, -0.15) is 0 Å². The molecule has 0 aromatic heterocycles. The van der Waals surface area contributed by atoms with E-state index in [1.54, 1.807) is 7.05 Å². The molecule has 4 heteroatoms. The van der Waals surface area contributed by atoms with E-state index in [4.69, 9.17) is 0 Å². The number of rotatable bonds is 4. The maximum atomic E-state index is 11.5. The van der Waals surface area contributed by atoms with Gasteiger partial charge in [0.2, 0.25) is 5.91 Å². The molecule has 2 fully saturated rings. The van der Waals surface area contributed by atoms with Crippen LogP contribution in [0, 0.1) is 11.8 Å². The zero-order chi connectivity index (χ0) is 13.1. The minimum absolute atomic E-state index is 0.221. The third-order valence-electron chi connectivity index (χ3n) is 4.74. The molecule has 0 aromatic carbocycles. The van der Waals surface area contributed by atoms with Crippen molar-refractivity contribution in [3.05, 3.63) is 0 Å². The van der Waals surface area contributed by atoms with Crippen molar-refractivity contribution in [2.45, 2.75) is 31.7 Å². The molecule has 1 N–H and O–H groups in total. The van der Waals surface area contributed by atoms with E-state index in [0.717, 1.165) is 18.8 Å². The highest BCUT2D eigenvalue weighted by molar-refractivity contribution is 5.79. The van der Waals surface area contributed by atoms with E-state index < -0.39 is 0 Å². The molecule has 1 aliphatic carbocycles. The van der Waals surface area contributed by atoms with E-state index in [0.29, 0.717) is 6.04 Å². The summed E-state index contributed by atoms with van der Waals surface area (Å²) in [6.45, 7) is 3.69. The van der Waals surface area contributed by atoms with Crippen LogP contribution in [0.15, 0.2) is 0 Å². The Kier molecular flexibility index (Phi) is 4.62. The standard InChI is InChI=1S/C14H27N3O/c1-15-14(18)12-8-13(9-12)17(3)10-11-4-6-16(2)7-5-11/h11-13H,4-10H2,1-3H3,(H,15,18). The fourth-order valence-corrected chi connectivity index (χ4v) is 3.17. The molecule has 1 aliphatic heterocycles. The second-order valence-corrected chi connectivity index (χ2v) is 6.12. The Bertz CT molecular complexity index is 281. The summed E-state index contributed by atoms with van der Waals surface area (Å²) in [4.78, 5) is 16.4. The number of piperidine rings is 1. The average molecular weight is 253 g/mol. The Hall–Kier alpha value is -0.610. The van der Waals surface area contributed by atoms with Crippen LogP contribution >= 0.6 is 0 Å². The van der Waals surface area contributed by atoms with Gasteiger partial charge in [-0.15, -0.1) is 0 Å². The Labute approximate surface area is 111 Å². The van der Waals surface area contributed by atoms with E-state index in [-0.39, 0.29) is 11.8 Å². The molecule has 0 atom stereocenters. The molecule has 2 aliphatic rings. The van der Waals surface area contributed by atoms with Crippen molar-refractivity contribution in [2.24, 2.45) is 11.8 Å². The summed E-state index contributed by atoms with van der Waals surface area (Å²) in [5, 5.41) is 2.75. The van der Waals surface area contributed by atoms with Gasteiger partial charge in [0, 0.05) is 25.6 Å². The van der Waals surface area contributed by atoms with E-state index in [1.807, 2.05) is 0 Å². The predicted molar refractivity (Wildman–Crippen MR) is 73.4 cm³/mol. The number of carbonyl (C=O) groups is 1. The van der Waals surface area contributed by atoms with Crippen LogP contribution in [0.2, 0.25) is 0 Å². The number of nitrogens with one attached hydrogen (secondary N) is 1. The molecule has 2 rings (SSSR count). The number of amides is 1. The lowest BCUT2D eigenvalue weighted by atomic mass is 9.78. The van der Waals surface area contributed by atoms with Gasteiger partial charge in [-0.1, -0.05) is 0 Å². The van der Waals surface area contributed by atoms with E-state index in [9.17, 15) is 4.79 Å². The molecule has 1 heterocycles. The first kappa shape index (κ1) is 13.8. The van der Waals surface area contributed by atoms with Crippen molar-refractivity contribution in [3.63, 3.8) is 0 Å².